The average Bonchev–Trinajstić information content (AvgIpc) is 2.87. The van der Waals surface area contributed by atoms with Crippen LogP contribution in [0.4, 0.5) is 4.79 Å². The fourth-order valence-electron chi connectivity index (χ4n) is 3.82. The van der Waals surface area contributed by atoms with Gasteiger partial charge in [0.05, 0.1) is 0 Å². The summed E-state index contributed by atoms with van der Waals surface area (Å²) in [5, 5.41) is 3.12. The first kappa shape index (κ1) is 17.3. The number of carbonyl (C=O) groups is 1. The molecule has 0 radical (unpaired) electrons. The molecular weight excluding hydrogens is 298 g/mol. The summed E-state index contributed by atoms with van der Waals surface area (Å²) in [6, 6.07) is 8.64. The molecule has 1 aromatic rings. The van der Waals surface area contributed by atoms with Crippen LogP contribution in [0, 0.1) is 5.92 Å². The molecule has 0 bridgehead atoms. The highest BCUT2D eigenvalue weighted by molar-refractivity contribution is 5.74. The van der Waals surface area contributed by atoms with Gasteiger partial charge < -0.3 is 10.2 Å². The number of carbonyl (C=O) groups excluding carboxylic acids is 1. The van der Waals surface area contributed by atoms with Gasteiger partial charge in [0.1, 0.15) is 0 Å². The Hall–Kier alpha value is -1.55. The van der Waals surface area contributed by atoms with Crippen molar-refractivity contribution in [2.75, 3.05) is 26.2 Å². The van der Waals surface area contributed by atoms with Crippen molar-refractivity contribution in [2.24, 2.45) is 5.92 Å². The first-order chi connectivity index (χ1) is 11.7. The Morgan fingerprint density at radius 3 is 2.46 bits per heavy atom. The molecule has 2 heterocycles. The van der Waals surface area contributed by atoms with Crippen molar-refractivity contribution in [1.29, 1.82) is 0 Å². The van der Waals surface area contributed by atoms with Crippen LogP contribution in [-0.4, -0.2) is 42.0 Å². The van der Waals surface area contributed by atoms with Crippen LogP contribution in [0.1, 0.15) is 50.2 Å². The SMILES string of the molecule is CC1CCN(C(=O)NCc2ccccc2CN2CCCCCC2)C1. The second-order valence-corrected chi connectivity index (χ2v) is 7.46. The molecule has 1 aromatic carbocycles. The summed E-state index contributed by atoms with van der Waals surface area (Å²) in [6.45, 7) is 8.03. The zero-order valence-electron chi connectivity index (χ0n) is 15.0. The molecule has 132 valence electrons. The van der Waals surface area contributed by atoms with E-state index in [2.05, 4.69) is 41.4 Å². The van der Waals surface area contributed by atoms with Crippen molar-refractivity contribution in [2.45, 2.75) is 52.1 Å². The van der Waals surface area contributed by atoms with Crippen LogP contribution in [0.15, 0.2) is 24.3 Å². The molecule has 3 rings (SSSR count). The molecule has 0 aliphatic carbocycles. The lowest BCUT2D eigenvalue weighted by Crippen LogP contribution is -2.38. The van der Waals surface area contributed by atoms with Crippen LogP contribution in [0.5, 0.6) is 0 Å². The second kappa shape index (κ2) is 8.52. The summed E-state index contributed by atoms with van der Waals surface area (Å²) in [5.41, 5.74) is 2.61. The molecule has 2 amide bonds. The number of rotatable bonds is 4. The van der Waals surface area contributed by atoms with Crippen molar-refractivity contribution in [3.05, 3.63) is 35.4 Å². The number of benzene rings is 1. The summed E-state index contributed by atoms with van der Waals surface area (Å²) in [4.78, 5) is 16.8. The molecule has 4 nitrogen and oxygen atoms in total. The standard InChI is InChI=1S/C20H31N3O/c1-17-10-13-23(15-17)20(24)21-14-18-8-4-5-9-19(18)16-22-11-6-2-3-7-12-22/h4-5,8-9,17H,2-3,6-7,10-16H2,1H3,(H,21,24). The third-order valence-corrected chi connectivity index (χ3v) is 5.35. The lowest BCUT2D eigenvalue weighted by Gasteiger charge is -2.22. The van der Waals surface area contributed by atoms with E-state index in [0.717, 1.165) is 26.1 Å². The fraction of sp³-hybridized carbons (Fsp3) is 0.650. The van der Waals surface area contributed by atoms with Gasteiger partial charge in [-0.3, -0.25) is 4.90 Å². The van der Waals surface area contributed by atoms with Crippen LogP contribution in [0.3, 0.4) is 0 Å². The van der Waals surface area contributed by atoms with Crippen molar-refractivity contribution < 1.29 is 4.79 Å². The van der Waals surface area contributed by atoms with E-state index in [1.165, 1.54) is 49.9 Å². The molecule has 2 fully saturated rings. The smallest absolute Gasteiger partial charge is 0.317 e. The number of amides is 2. The monoisotopic (exact) mass is 329 g/mol. The van der Waals surface area contributed by atoms with Gasteiger partial charge in [0.2, 0.25) is 0 Å². The molecule has 0 aromatic heterocycles. The number of hydrogen-bond donors (Lipinski definition) is 1. The third-order valence-electron chi connectivity index (χ3n) is 5.35. The molecule has 1 N–H and O–H groups in total. The maximum Gasteiger partial charge on any atom is 0.317 e. The summed E-state index contributed by atoms with van der Waals surface area (Å²) < 4.78 is 0. The van der Waals surface area contributed by atoms with E-state index in [-0.39, 0.29) is 6.03 Å². The number of likely N-dealkylation sites (tertiary alicyclic amines) is 2. The van der Waals surface area contributed by atoms with Crippen LogP contribution < -0.4 is 5.32 Å². The van der Waals surface area contributed by atoms with E-state index in [9.17, 15) is 4.79 Å². The maximum atomic E-state index is 12.3. The minimum Gasteiger partial charge on any atom is -0.334 e. The minimum atomic E-state index is 0.0870. The summed E-state index contributed by atoms with van der Waals surface area (Å²) in [7, 11) is 0. The van der Waals surface area contributed by atoms with E-state index < -0.39 is 0 Å². The van der Waals surface area contributed by atoms with E-state index in [1.807, 2.05) is 4.90 Å². The molecule has 0 spiro atoms. The Balaban J connectivity index is 1.56. The molecule has 2 aliphatic rings. The maximum absolute atomic E-state index is 12.3. The van der Waals surface area contributed by atoms with Gasteiger partial charge in [0.15, 0.2) is 0 Å². The summed E-state index contributed by atoms with van der Waals surface area (Å²) in [5.74, 6) is 0.631. The Morgan fingerprint density at radius 2 is 1.79 bits per heavy atom. The average molecular weight is 329 g/mol. The van der Waals surface area contributed by atoms with Gasteiger partial charge in [0, 0.05) is 26.2 Å². The predicted octanol–water partition coefficient (Wildman–Crippen LogP) is 3.61. The third kappa shape index (κ3) is 4.73. The molecule has 1 atom stereocenters. The van der Waals surface area contributed by atoms with Crippen LogP contribution in [0.25, 0.3) is 0 Å². The lowest BCUT2D eigenvalue weighted by atomic mass is 10.1. The van der Waals surface area contributed by atoms with Gasteiger partial charge in [-0.2, -0.15) is 0 Å². The van der Waals surface area contributed by atoms with E-state index >= 15 is 0 Å². The van der Waals surface area contributed by atoms with E-state index in [4.69, 9.17) is 0 Å². The van der Waals surface area contributed by atoms with Gasteiger partial charge >= 0.3 is 6.03 Å². The quantitative estimate of drug-likeness (QED) is 0.916. The molecule has 24 heavy (non-hydrogen) atoms. The minimum absolute atomic E-state index is 0.0870. The van der Waals surface area contributed by atoms with Crippen molar-refractivity contribution >= 4 is 6.03 Å². The fourth-order valence-corrected chi connectivity index (χ4v) is 3.82. The van der Waals surface area contributed by atoms with Crippen molar-refractivity contribution in [3.63, 3.8) is 0 Å². The van der Waals surface area contributed by atoms with Gasteiger partial charge in [-0.25, -0.2) is 4.79 Å². The summed E-state index contributed by atoms with van der Waals surface area (Å²) in [6.07, 6.45) is 6.47. The van der Waals surface area contributed by atoms with Gasteiger partial charge in [-0.05, 0) is 49.4 Å². The molecule has 4 heteroatoms. The predicted molar refractivity (Wildman–Crippen MR) is 97.8 cm³/mol. The van der Waals surface area contributed by atoms with Gasteiger partial charge in [-0.15, -0.1) is 0 Å². The number of hydrogen-bond acceptors (Lipinski definition) is 2. The largest absolute Gasteiger partial charge is 0.334 e. The molecule has 1 unspecified atom stereocenters. The van der Waals surface area contributed by atoms with Gasteiger partial charge in [-0.1, -0.05) is 44.0 Å². The zero-order valence-corrected chi connectivity index (χ0v) is 15.0. The molecule has 0 saturated carbocycles. The Kier molecular flexibility index (Phi) is 6.13. The van der Waals surface area contributed by atoms with Crippen LogP contribution >= 0.6 is 0 Å². The Morgan fingerprint density at radius 1 is 1.08 bits per heavy atom. The number of urea groups is 1. The first-order valence-electron chi connectivity index (χ1n) is 9.54. The Bertz CT molecular complexity index is 537. The highest BCUT2D eigenvalue weighted by Gasteiger charge is 2.23. The highest BCUT2D eigenvalue weighted by atomic mass is 16.2. The van der Waals surface area contributed by atoms with Crippen LogP contribution in [-0.2, 0) is 13.1 Å². The second-order valence-electron chi connectivity index (χ2n) is 7.46. The van der Waals surface area contributed by atoms with E-state index in [1.54, 1.807) is 0 Å². The first-order valence-corrected chi connectivity index (χ1v) is 9.54. The summed E-state index contributed by atoms with van der Waals surface area (Å²) >= 11 is 0. The van der Waals surface area contributed by atoms with Gasteiger partial charge in [0.25, 0.3) is 0 Å². The van der Waals surface area contributed by atoms with Crippen LogP contribution in [0.2, 0.25) is 0 Å². The highest BCUT2D eigenvalue weighted by Crippen LogP contribution is 2.17. The zero-order chi connectivity index (χ0) is 16.8. The number of nitrogens with zero attached hydrogens (tertiary/aromatic N) is 2. The normalized spacial score (nSPS) is 22.4. The molecule has 2 saturated heterocycles. The lowest BCUT2D eigenvalue weighted by molar-refractivity contribution is 0.207. The van der Waals surface area contributed by atoms with Crippen molar-refractivity contribution in [1.82, 2.24) is 15.1 Å². The van der Waals surface area contributed by atoms with Crippen molar-refractivity contribution in [3.8, 4) is 0 Å². The topological polar surface area (TPSA) is 35.6 Å². The molecule has 2 aliphatic heterocycles. The number of nitrogens with one attached hydrogen (secondary N) is 1. The van der Waals surface area contributed by atoms with E-state index in [0.29, 0.717) is 12.5 Å². The molecular formula is C20H31N3O. The Labute approximate surface area is 146 Å².